The van der Waals surface area contributed by atoms with Crippen LogP contribution >= 0.6 is 0 Å². The lowest BCUT2D eigenvalue weighted by Gasteiger charge is -2.37. The fourth-order valence-corrected chi connectivity index (χ4v) is 2.65. The molecule has 4 heteroatoms. The first-order chi connectivity index (χ1) is 8.88. The van der Waals surface area contributed by atoms with Crippen LogP contribution in [0.15, 0.2) is 0 Å². The van der Waals surface area contributed by atoms with Gasteiger partial charge in [0.2, 0.25) is 5.91 Å². The highest BCUT2D eigenvalue weighted by molar-refractivity contribution is 5.78. The Bertz CT molecular complexity index is 291. The van der Waals surface area contributed by atoms with Gasteiger partial charge in [-0.05, 0) is 39.2 Å². The molecule has 2 N–H and O–H groups in total. The van der Waals surface area contributed by atoms with E-state index in [2.05, 4.69) is 50.2 Å². The van der Waals surface area contributed by atoms with Gasteiger partial charge in [0, 0.05) is 24.7 Å². The zero-order valence-corrected chi connectivity index (χ0v) is 13.3. The SMILES string of the molecule is CCNC1CCN(CC(=O)NC(C)(C)CC)CC1C. The number of piperidine rings is 1. The highest BCUT2D eigenvalue weighted by atomic mass is 16.2. The molecular weight excluding hydrogens is 238 g/mol. The molecule has 0 radical (unpaired) electrons. The molecule has 4 nitrogen and oxygen atoms in total. The monoisotopic (exact) mass is 269 g/mol. The molecule has 1 amide bonds. The molecule has 0 bridgehead atoms. The Morgan fingerprint density at radius 1 is 1.37 bits per heavy atom. The van der Waals surface area contributed by atoms with E-state index < -0.39 is 0 Å². The Morgan fingerprint density at radius 3 is 2.58 bits per heavy atom. The van der Waals surface area contributed by atoms with Crippen LogP contribution in [0.25, 0.3) is 0 Å². The summed E-state index contributed by atoms with van der Waals surface area (Å²) >= 11 is 0. The summed E-state index contributed by atoms with van der Waals surface area (Å²) in [5.74, 6) is 0.765. The number of carbonyl (C=O) groups excluding carboxylic acids is 1. The predicted molar refractivity (Wildman–Crippen MR) is 80.2 cm³/mol. The molecule has 1 rings (SSSR count). The minimum Gasteiger partial charge on any atom is -0.350 e. The molecule has 0 aromatic rings. The zero-order valence-electron chi connectivity index (χ0n) is 13.3. The summed E-state index contributed by atoms with van der Waals surface area (Å²) in [6.07, 6.45) is 2.09. The minimum absolute atomic E-state index is 0.0925. The van der Waals surface area contributed by atoms with Crippen molar-refractivity contribution in [2.24, 2.45) is 5.92 Å². The Morgan fingerprint density at radius 2 is 2.05 bits per heavy atom. The van der Waals surface area contributed by atoms with Crippen LogP contribution in [0.3, 0.4) is 0 Å². The predicted octanol–water partition coefficient (Wildman–Crippen LogP) is 1.61. The van der Waals surface area contributed by atoms with Gasteiger partial charge >= 0.3 is 0 Å². The highest BCUT2D eigenvalue weighted by Crippen LogP contribution is 2.16. The number of hydrogen-bond donors (Lipinski definition) is 2. The zero-order chi connectivity index (χ0) is 14.5. The van der Waals surface area contributed by atoms with E-state index in [1.165, 1.54) is 0 Å². The van der Waals surface area contributed by atoms with Crippen molar-refractivity contribution < 1.29 is 4.79 Å². The van der Waals surface area contributed by atoms with Gasteiger partial charge in [0.25, 0.3) is 0 Å². The first-order valence-electron chi connectivity index (χ1n) is 7.64. The summed E-state index contributed by atoms with van der Waals surface area (Å²) in [4.78, 5) is 14.3. The van der Waals surface area contributed by atoms with Gasteiger partial charge in [-0.2, -0.15) is 0 Å². The molecule has 1 saturated heterocycles. The molecule has 1 fully saturated rings. The maximum Gasteiger partial charge on any atom is 0.234 e. The summed E-state index contributed by atoms with van der Waals surface area (Å²) < 4.78 is 0. The normalized spacial score (nSPS) is 25.3. The summed E-state index contributed by atoms with van der Waals surface area (Å²) in [6.45, 7) is 14.3. The van der Waals surface area contributed by atoms with E-state index in [0.29, 0.717) is 18.5 Å². The lowest BCUT2D eigenvalue weighted by molar-refractivity contribution is -0.124. The molecule has 0 aliphatic carbocycles. The second-order valence-electron chi connectivity index (χ2n) is 6.45. The third-order valence-corrected chi connectivity index (χ3v) is 4.18. The fraction of sp³-hybridized carbons (Fsp3) is 0.933. The van der Waals surface area contributed by atoms with Crippen LogP contribution in [0.5, 0.6) is 0 Å². The van der Waals surface area contributed by atoms with Crippen molar-refractivity contribution in [3.8, 4) is 0 Å². The topological polar surface area (TPSA) is 44.4 Å². The molecule has 0 aromatic heterocycles. The van der Waals surface area contributed by atoms with Crippen LogP contribution in [0.1, 0.15) is 47.5 Å². The standard InChI is InChI=1S/C15H31N3O/c1-6-15(4,5)17-14(19)11-18-9-8-13(16-7-2)12(3)10-18/h12-13,16H,6-11H2,1-5H3,(H,17,19). The third-order valence-electron chi connectivity index (χ3n) is 4.18. The number of nitrogens with one attached hydrogen (secondary N) is 2. The van der Waals surface area contributed by atoms with E-state index in [9.17, 15) is 4.79 Å². The quantitative estimate of drug-likeness (QED) is 0.770. The van der Waals surface area contributed by atoms with E-state index in [-0.39, 0.29) is 11.4 Å². The van der Waals surface area contributed by atoms with Crippen LogP contribution in [-0.2, 0) is 4.79 Å². The van der Waals surface area contributed by atoms with Crippen molar-refractivity contribution in [1.29, 1.82) is 0 Å². The van der Waals surface area contributed by atoms with Crippen molar-refractivity contribution in [3.05, 3.63) is 0 Å². The van der Waals surface area contributed by atoms with Crippen molar-refractivity contribution in [2.75, 3.05) is 26.2 Å². The average molecular weight is 269 g/mol. The van der Waals surface area contributed by atoms with Gasteiger partial charge < -0.3 is 10.6 Å². The summed E-state index contributed by atoms with van der Waals surface area (Å²) in [6, 6.07) is 0.608. The van der Waals surface area contributed by atoms with Gasteiger partial charge in [-0.3, -0.25) is 9.69 Å². The number of amides is 1. The summed E-state index contributed by atoms with van der Waals surface area (Å²) in [5, 5.41) is 6.64. The molecule has 1 heterocycles. The van der Waals surface area contributed by atoms with E-state index in [0.717, 1.165) is 32.5 Å². The smallest absolute Gasteiger partial charge is 0.234 e. The molecule has 1 aliphatic heterocycles. The van der Waals surface area contributed by atoms with Gasteiger partial charge in [-0.25, -0.2) is 0 Å². The lowest BCUT2D eigenvalue weighted by atomic mass is 9.94. The molecule has 2 unspecified atom stereocenters. The molecule has 0 aromatic carbocycles. The van der Waals surface area contributed by atoms with Crippen LogP contribution in [0.4, 0.5) is 0 Å². The molecule has 2 atom stereocenters. The maximum absolute atomic E-state index is 12.0. The van der Waals surface area contributed by atoms with Gasteiger partial charge in [-0.15, -0.1) is 0 Å². The first kappa shape index (κ1) is 16.4. The van der Waals surface area contributed by atoms with Crippen LogP contribution in [0, 0.1) is 5.92 Å². The molecule has 0 saturated carbocycles. The van der Waals surface area contributed by atoms with E-state index >= 15 is 0 Å². The van der Waals surface area contributed by atoms with Crippen LogP contribution in [0.2, 0.25) is 0 Å². The first-order valence-corrected chi connectivity index (χ1v) is 7.64. The second kappa shape index (κ2) is 7.25. The minimum atomic E-state index is -0.0925. The van der Waals surface area contributed by atoms with Crippen molar-refractivity contribution >= 4 is 5.91 Å². The van der Waals surface area contributed by atoms with E-state index in [1.807, 2.05) is 0 Å². The Labute approximate surface area is 118 Å². The fourth-order valence-electron chi connectivity index (χ4n) is 2.65. The largest absolute Gasteiger partial charge is 0.350 e. The molecule has 1 aliphatic rings. The number of rotatable bonds is 6. The van der Waals surface area contributed by atoms with Gasteiger partial charge in [0.05, 0.1) is 6.54 Å². The van der Waals surface area contributed by atoms with Gasteiger partial charge in [0.15, 0.2) is 0 Å². The van der Waals surface area contributed by atoms with Crippen molar-refractivity contribution in [2.45, 2.75) is 59.0 Å². The van der Waals surface area contributed by atoms with E-state index in [1.54, 1.807) is 0 Å². The lowest BCUT2D eigenvalue weighted by Crippen LogP contribution is -2.52. The summed E-state index contributed by atoms with van der Waals surface area (Å²) in [5.41, 5.74) is -0.0925. The number of carbonyl (C=O) groups is 1. The number of nitrogens with zero attached hydrogens (tertiary/aromatic N) is 1. The molecule has 0 spiro atoms. The van der Waals surface area contributed by atoms with Gasteiger partial charge in [-0.1, -0.05) is 20.8 Å². The average Bonchev–Trinajstić information content (AvgIpc) is 2.32. The Kier molecular flexibility index (Phi) is 6.27. The van der Waals surface area contributed by atoms with Crippen molar-refractivity contribution in [1.82, 2.24) is 15.5 Å². The summed E-state index contributed by atoms with van der Waals surface area (Å²) in [7, 11) is 0. The number of hydrogen-bond acceptors (Lipinski definition) is 3. The maximum atomic E-state index is 12.0. The van der Waals surface area contributed by atoms with E-state index in [4.69, 9.17) is 0 Å². The Hall–Kier alpha value is -0.610. The van der Waals surface area contributed by atoms with Crippen LogP contribution in [-0.4, -0.2) is 48.6 Å². The molecular formula is C15H31N3O. The van der Waals surface area contributed by atoms with Gasteiger partial charge in [0.1, 0.15) is 0 Å². The molecule has 112 valence electrons. The highest BCUT2D eigenvalue weighted by Gasteiger charge is 2.27. The number of likely N-dealkylation sites (tertiary alicyclic amines) is 1. The second-order valence-corrected chi connectivity index (χ2v) is 6.45. The molecule has 19 heavy (non-hydrogen) atoms. The third kappa shape index (κ3) is 5.49. The Balaban J connectivity index is 2.37. The van der Waals surface area contributed by atoms with Crippen LogP contribution < -0.4 is 10.6 Å². The van der Waals surface area contributed by atoms with Crippen molar-refractivity contribution in [3.63, 3.8) is 0 Å².